The van der Waals surface area contributed by atoms with Gasteiger partial charge in [0.15, 0.2) is 0 Å². The first-order chi connectivity index (χ1) is 12.0. The Hall–Kier alpha value is -2.80. The zero-order valence-electron chi connectivity index (χ0n) is 13.3. The highest BCUT2D eigenvalue weighted by molar-refractivity contribution is 6.33. The van der Waals surface area contributed by atoms with E-state index >= 15 is 0 Å². The number of nitro benzene ring substituents is 1. The highest BCUT2D eigenvalue weighted by atomic mass is 35.5. The second-order valence-corrected chi connectivity index (χ2v) is 5.96. The third kappa shape index (κ3) is 4.00. The molecule has 8 heteroatoms. The summed E-state index contributed by atoms with van der Waals surface area (Å²) in [5, 5.41) is 11.1. The maximum absolute atomic E-state index is 12.2. The number of hydrogen-bond donors (Lipinski definition) is 0. The number of carbonyl (C=O) groups is 1. The minimum Gasteiger partial charge on any atom is -0.465 e. The molecule has 0 spiro atoms. The Labute approximate surface area is 149 Å². The first kappa shape index (κ1) is 17.0. The Morgan fingerprint density at radius 2 is 2.00 bits per heavy atom. The van der Waals surface area contributed by atoms with Crippen molar-refractivity contribution in [3.8, 4) is 0 Å². The molecule has 0 N–H and O–H groups in total. The third-order valence-electron chi connectivity index (χ3n) is 4.01. The predicted molar refractivity (Wildman–Crippen MR) is 94.6 cm³/mol. The summed E-state index contributed by atoms with van der Waals surface area (Å²) in [6.07, 6.45) is 4.69. The lowest BCUT2D eigenvalue weighted by molar-refractivity contribution is -0.384. The number of nitro groups is 1. The Bertz CT molecular complexity index is 796. The van der Waals surface area contributed by atoms with E-state index in [-0.39, 0.29) is 11.6 Å². The lowest BCUT2D eigenvalue weighted by atomic mass is 10.2. The number of benzene rings is 1. The first-order valence-electron chi connectivity index (χ1n) is 7.74. The van der Waals surface area contributed by atoms with Gasteiger partial charge in [-0.1, -0.05) is 11.6 Å². The minimum atomic E-state index is -0.475. The molecule has 3 rings (SSSR count). The van der Waals surface area contributed by atoms with Crippen LogP contribution in [0.2, 0.25) is 5.02 Å². The van der Waals surface area contributed by atoms with E-state index in [1.54, 1.807) is 35.4 Å². The molecule has 2 aromatic rings. The molecule has 0 aliphatic carbocycles. The summed E-state index contributed by atoms with van der Waals surface area (Å²) in [5.41, 5.74) is 0.705. The van der Waals surface area contributed by atoms with Gasteiger partial charge in [-0.25, -0.2) is 0 Å². The lowest BCUT2D eigenvalue weighted by Crippen LogP contribution is -2.48. The average molecular weight is 362 g/mol. The molecule has 1 aromatic carbocycles. The normalized spacial score (nSPS) is 14.9. The molecular formula is C17H16ClN3O4. The van der Waals surface area contributed by atoms with Crippen molar-refractivity contribution in [2.75, 3.05) is 31.1 Å². The standard InChI is InChI=1S/C17H16ClN3O4/c18-15-12-13(21(23)24)3-5-16(15)19-7-9-20(10-8-19)17(22)6-4-14-2-1-11-25-14/h1-6,11-12H,7-10H2/b6-4+. The monoisotopic (exact) mass is 361 g/mol. The van der Waals surface area contributed by atoms with Crippen molar-refractivity contribution in [3.05, 3.63) is 63.6 Å². The topological polar surface area (TPSA) is 79.8 Å². The van der Waals surface area contributed by atoms with Gasteiger partial charge in [0.1, 0.15) is 5.76 Å². The van der Waals surface area contributed by atoms with Crippen LogP contribution in [0.5, 0.6) is 0 Å². The fourth-order valence-corrected chi connectivity index (χ4v) is 2.97. The molecule has 7 nitrogen and oxygen atoms in total. The van der Waals surface area contributed by atoms with Gasteiger partial charge in [-0.3, -0.25) is 14.9 Å². The smallest absolute Gasteiger partial charge is 0.271 e. The van der Waals surface area contributed by atoms with Crippen molar-refractivity contribution < 1.29 is 14.1 Å². The van der Waals surface area contributed by atoms with Gasteiger partial charge in [0.05, 0.1) is 21.9 Å². The fraction of sp³-hybridized carbons (Fsp3) is 0.235. The second-order valence-electron chi connectivity index (χ2n) is 5.55. The molecule has 1 aliphatic rings. The van der Waals surface area contributed by atoms with E-state index in [2.05, 4.69) is 0 Å². The number of hydrogen-bond acceptors (Lipinski definition) is 5. The van der Waals surface area contributed by atoms with Crippen LogP contribution in [-0.2, 0) is 4.79 Å². The molecule has 130 valence electrons. The summed E-state index contributed by atoms with van der Waals surface area (Å²) in [6.45, 7) is 2.32. The van der Waals surface area contributed by atoms with Crippen LogP contribution < -0.4 is 4.90 Å². The molecule has 1 saturated heterocycles. The van der Waals surface area contributed by atoms with Gasteiger partial charge in [-0.05, 0) is 24.3 Å². The molecule has 0 unspecified atom stereocenters. The van der Waals surface area contributed by atoms with E-state index in [0.717, 1.165) is 5.69 Å². The maximum Gasteiger partial charge on any atom is 0.271 e. The predicted octanol–water partition coefficient (Wildman–Crippen LogP) is 3.20. The van der Waals surface area contributed by atoms with Crippen LogP contribution in [0.25, 0.3) is 6.08 Å². The van der Waals surface area contributed by atoms with Crippen LogP contribution in [0.15, 0.2) is 47.1 Å². The van der Waals surface area contributed by atoms with Crippen molar-refractivity contribution >= 4 is 35.0 Å². The molecule has 25 heavy (non-hydrogen) atoms. The van der Waals surface area contributed by atoms with Crippen LogP contribution in [0.3, 0.4) is 0 Å². The SMILES string of the molecule is O=C(/C=C/c1ccco1)N1CCN(c2ccc([N+](=O)[O-])cc2Cl)CC1. The van der Waals surface area contributed by atoms with Crippen LogP contribution in [-0.4, -0.2) is 41.9 Å². The van der Waals surface area contributed by atoms with E-state index in [9.17, 15) is 14.9 Å². The number of anilines is 1. The number of piperazine rings is 1. The molecule has 0 bridgehead atoms. The molecule has 0 saturated carbocycles. The van der Waals surface area contributed by atoms with Crippen LogP contribution in [0.1, 0.15) is 5.76 Å². The molecule has 1 amide bonds. The van der Waals surface area contributed by atoms with Crippen LogP contribution in [0.4, 0.5) is 11.4 Å². The number of amides is 1. The summed E-state index contributed by atoms with van der Waals surface area (Å²) >= 11 is 6.16. The number of rotatable bonds is 4. The molecular weight excluding hydrogens is 346 g/mol. The van der Waals surface area contributed by atoms with Crippen LogP contribution >= 0.6 is 11.6 Å². The Balaban J connectivity index is 1.60. The number of non-ortho nitro benzene ring substituents is 1. The Kier molecular flexibility index (Phi) is 5.04. The zero-order valence-corrected chi connectivity index (χ0v) is 14.1. The van der Waals surface area contributed by atoms with E-state index in [0.29, 0.717) is 37.0 Å². The van der Waals surface area contributed by atoms with Crippen molar-refractivity contribution in [1.82, 2.24) is 4.90 Å². The van der Waals surface area contributed by atoms with E-state index in [1.165, 1.54) is 18.2 Å². The van der Waals surface area contributed by atoms with Gasteiger partial charge in [0.2, 0.25) is 5.91 Å². The van der Waals surface area contributed by atoms with Gasteiger partial charge in [0.25, 0.3) is 5.69 Å². The molecule has 1 aromatic heterocycles. The summed E-state index contributed by atoms with van der Waals surface area (Å²) in [5.74, 6) is 0.551. The third-order valence-corrected chi connectivity index (χ3v) is 4.31. The minimum absolute atomic E-state index is 0.0365. The van der Waals surface area contributed by atoms with Crippen molar-refractivity contribution in [1.29, 1.82) is 0 Å². The number of nitrogens with zero attached hydrogens (tertiary/aromatic N) is 3. The Morgan fingerprint density at radius 1 is 1.24 bits per heavy atom. The molecule has 2 heterocycles. The highest BCUT2D eigenvalue weighted by Crippen LogP contribution is 2.30. The van der Waals surface area contributed by atoms with Crippen LogP contribution in [0, 0.1) is 10.1 Å². The van der Waals surface area contributed by atoms with Gasteiger partial charge in [0, 0.05) is 44.4 Å². The molecule has 0 radical (unpaired) electrons. The lowest BCUT2D eigenvalue weighted by Gasteiger charge is -2.36. The molecule has 1 fully saturated rings. The van der Waals surface area contributed by atoms with Gasteiger partial charge in [-0.15, -0.1) is 0 Å². The molecule has 1 aliphatic heterocycles. The van der Waals surface area contributed by atoms with Crippen molar-refractivity contribution in [2.24, 2.45) is 0 Å². The van der Waals surface area contributed by atoms with E-state index < -0.39 is 4.92 Å². The van der Waals surface area contributed by atoms with E-state index in [4.69, 9.17) is 16.0 Å². The highest BCUT2D eigenvalue weighted by Gasteiger charge is 2.22. The van der Waals surface area contributed by atoms with Crippen molar-refractivity contribution in [3.63, 3.8) is 0 Å². The quantitative estimate of drug-likeness (QED) is 0.474. The van der Waals surface area contributed by atoms with Gasteiger partial charge >= 0.3 is 0 Å². The fourth-order valence-electron chi connectivity index (χ4n) is 2.68. The number of furan rings is 1. The maximum atomic E-state index is 12.2. The summed E-state index contributed by atoms with van der Waals surface area (Å²) in [6, 6.07) is 7.97. The zero-order chi connectivity index (χ0) is 17.8. The largest absolute Gasteiger partial charge is 0.465 e. The Morgan fingerprint density at radius 3 is 2.60 bits per heavy atom. The first-order valence-corrected chi connectivity index (χ1v) is 8.12. The summed E-state index contributed by atoms with van der Waals surface area (Å²) in [7, 11) is 0. The van der Waals surface area contributed by atoms with Crippen molar-refractivity contribution in [2.45, 2.75) is 0 Å². The van der Waals surface area contributed by atoms with Gasteiger partial charge < -0.3 is 14.2 Å². The summed E-state index contributed by atoms with van der Waals surface area (Å²) in [4.78, 5) is 26.3. The summed E-state index contributed by atoms with van der Waals surface area (Å²) < 4.78 is 5.16. The van der Waals surface area contributed by atoms with Gasteiger partial charge in [-0.2, -0.15) is 0 Å². The van der Waals surface area contributed by atoms with E-state index in [1.807, 2.05) is 4.90 Å². The second kappa shape index (κ2) is 7.40. The number of halogens is 1. The molecule has 0 atom stereocenters. The average Bonchev–Trinajstić information content (AvgIpc) is 3.13. The number of carbonyl (C=O) groups excluding carboxylic acids is 1.